The molecule has 0 unspecified atom stereocenters. The van der Waals surface area contributed by atoms with E-state index in [9.17, 15) is 9.59 Å². The molecule has 0 bridgehead atoms. The second-order valence-electron chi connectivity index (χ2n) is 4.39. The summed E-state index contributed by atoms with van der Waals surface area (Å²) in [5, 5.41) is 14.8. The maximum Gasteiger partial charge on any atom is 0.337 e. The number of nitrogens with one attached hydrogen (secondary N) is 2. The van der Waals surface area contributed by atoms with Gasteiger partial charge in [0, 0.05) is 10.7 Å². The summed E-state index contributed by atoms with van der Waals surface area (Å²) in [4.78, 5) is 23.0. The van der Waals surface area contributed by atoms with Gasteiger partial charge in [-0.3, -0.25) is 0 Å². The fourth-order valence-electron chi connectivity index (χ4n) is 1.82. The number of anilines is 2. The Hall–Kier alpha value is -2.53. The van der Waals surface area contributed by atoms with Crippen molar-refractivity contribution in [1.82, 2.24) is 0 Å². The van der Waals surface area contributed by atoms with E-state index in [1.165, 1.54) is 12.1 Å². The van der Waals surface area contributed by atoms with E-state index in [1.54, 1.807) is 30.3 Å². The summed E-state index contributed by atoms with van der Waals surface area (Å²) in [6.07, 6.45) is 0. The van der Waals surface area contributed by atoms with E-state index in [4.69, 9.17) is 16.7 Å². The lowest BCUT2D eigenvalue weighted by Gasteiger charge is -2.11. The summed E-state index contributed by atoms with van der Waals surface area (Å²) in [5.41, 5.74) is 1.67. The van der Waals surface area contributed by atoms with Gasteiger partial charge >= 0.3 is 12.0 Å². The van der Waals surface area contributed by atoms with Gasteiger partial charge in [-0.25, -0.2) is 9.59 Å². The van der Waals surface area contributed by atoms with Crippen LogP contribution < -0.4 is 10.6 Å². The van der Waals surface area contributed by atoms with Gasteiger partial charge in [0.05, 0.1) is 11.3 Å². The molecule has 0 saturated heterocycles. The molecule has 3 N–H and O–H groups in total. The minimum absolute atomic E-state index is 0.0282. The van der Waals surface area contributed by atoms with E-state index in [2.05, 4.69) is 10.6 Å². The maximum absolute atomic E-state index is 11.9. The normalized spacial score (nSPS) is 10.0. The molecule has 0 aromatic heterocycles. The fourth-order valence-corrected chi connectivity index (χ4v) is 2.05. The lowest BCUT2D eigenvalue weighted by Crippen LogP contribution is -2.21. The number of benzene rings is 2. The van der Waals surface area contributed by atoms with Crippen LogP contribution in [0.3, 0.4) is 0 Å². The Kier molecular flexibility index (Phi) is 4.45. The molecule has 0 aliphatic rings. The molecule has 2 amide bonds. The van der Waals surface area contributed by atoms with Gasteiger partial charge in [0.2, 0.25) is 0 Å². The smallest absolute Gasteiger partial charge is 0.337 e. The van der Waals surface area contributed by atoms with Gasteiger partial charge in [0.15, 0.2) is 0 Å². The Morgan fingerprint density at radius 3 is 2.38 bits per heavy atom. The highest BCUT2D eigenvalue weighted by Gasteiger charge is 2.12. The summed E-state index contributed by atoms with van der Waals surface area (Å²) < 4.78 is 0. The van der Waals surface area contributed by atoms with Gasteiger partial charge < -0.3 is 15.7 Å². The lowest BCUT2D eigenvalue weighted by molar-refractivity contribution is 0.0698. The molecule has 5 nitrogen and oxygen atoms in total. The lowest BCUT2D eigenvalue weighted by atomic mass is 10.2. The first-order valence-corrected chi connectivity index (χ1v) is 6.51. The number of carboxylic acids is 1. The van der Waals surface area contributed by atoms with Gasteiger partial charge in [-0.2, -0.15) is 0 Å². The number of aromatic carboxylic acids is 1. The number of aryl methyl sites for hydroxylation is 1. The number of carbonyl (C=O) groups excluding carboxylic acids is 1. The molecule has 0 aliphatic carbocycles. The minimum atomic E-state index is -1.10. The van der Waals surface area contributed by atoms with Gasteiger partial charge in [0.1, 0.15) is 0 Å². The predicted molar refractivity (Wildman–Crippen MR) is 82.2 cm³/mol. The van der Waals surface area contributed by atoms with E-state index >= 15 is 0 Å². The van der Waals surface area contributed by atoms with Crippen LogP contribution in [0.2, 0.25) is 5.02 Å². The van der Waals surface area contributed by atoms with Crippen LogP contribution in [-0.2, 0) is 0 Å². The number of hydrogen-bond acceptors (Lipinski definition) is 2. The van der Waals surface area contributed by atoms with Crippen molar-refractivity contribution in [3.63, 3.8) is 0 Å². The molecule has 0 atom stereocenters. The Balaban J connectivity index is 2.14. The van der Waals surface area contributed by atoms with Crippen molar-refractivity contribution in [1.29, 1.82) is 0 Å². The number of carbonyl (C=O) groups is 2. The van der Waals surface area contributed by atoms with Crippen LogP contribution in [0.4, 0.5) is 16.2 Å². The maximum atomic E-state index is 11.9. The van der Waals surface area contributed by atoms with Crippen molar-refractivity contribution < 1.29 is 14.7 Å². The zero-order chi connectivity index (χ0) is 15.4. The Morgan fingerprint density at radius 1 is 1.05 bits per heavy atom. The zero-order valence-corrected chi connectivity index (χ0v) is 11.9. The van der Waals surface area contributed by atoms with Gasteiger partial charge in [-0.15, -0.1) is 0 Å². The number of hydrogen-bond donors (Lipinski definition) is 3. The molecule has 0 spiro atoms. The first-order valence-electron chi connectivity index (χ1n) is 6.14. The molecular formula is C15H13ClN2O3. The number of para-hydroxylation sites is 1. The van der Waals surface area contributed by atoms with Crippen molar-refractivity contribution in [2.24, 2.45) is 0 Å². The molecule has 0 fully saturated rings. The van der Waals surface area contributed by atoms with Crippen LogP contribution >= 0.6 is 11.6 Å². The molecule has 0 radical (unpaired) electrons. The van der Waals surface area contributed by atoms with Crippen LogP contribution in [0.1, 0.15) is 15.9 Å². The summed E-state index contributed by atoms with van der Waals surface area (Å²) >= 11 is 5.85. The highest BCUT2D eigenvalue weighted by Crippen LogP contribution is 2.20. The van der Waals surface area contributed by atoms with Crippen LogP contribution in [0.15, 0.2) is 42.5 Å². The number of carboxylic acid groups (broad SMARTS) is 1. The number of urea groups is 1. The SMILES string of the molecule is Cc1cc(Cl)ccc1NC(=O)Nc1ccccc1C(=O)O. The molecule has 0 saturated carbocycles. The Bertz CT molecular complexity index is 701. The number of halogens is 1. The summed E-state index contributed by atoms with van der Waals surface area (Å²) in [6.45, 7) is 1.81. The van der Waals surface area contributed by atoms with Gasteiger partial charge in [-0.1, -0.05) is 23.7 Å². The molecular weight excluding hydrogens is 292 g/mol. The standard InChI is InChI=1S/C15H13ClN2O3/c1-9-8-10(16)6-7-12(9)17-15(21)18-13-5-3-2-4-11(13)14(19)20/h2-8H,1H3,(H,19,20)(H2,17,18,21). The first kappa shape index (κ1) is 14.9. The second kappa shape index (κ2) is 6.28. The van der Waals surface area contributed by atoms with E-state index in [0.29, 0.717) is 10.7 Å². The largest absolute Gasteiger partial charge is 0.478 e. The Labute approximate surface area is 126 Å². The zero-order valence-electron chi connectivity index (χ0n) is 11.2. The quantitative estimate of drug-likeness (QED) is 0.802. The number of rotatable bonds is 3. The van der Waals surface area contributed by atoms with Crippen molar-refractivity contribution in [2.45, 2.75) is 6.92 Å². The van der Waals surface area contributed by atoms with Gasteiger partial charge in [-0.05, 0) is 42.8 Å². The molecule has 108 valence electrons. The molecule has 6 heteroatoms. The molecule has 2 aromatic carbocycles. The highest BCUT2D eigenvalue weighted by atomic mass is 35.5. The summed E-state index contributed by atoms with van der Waals surface area (Å²) in [6, 6.07) is 10.7. The van der Waals surface area contributed by atoms with Crippen molar-refractivity contribution in [2.75, 3.05) is 10.6 Å². The Morgan fingerprint density at radius 2 is 1.71 bits per heavy atom. The van der Waals surface area contributed by atoms with E-state index < -0.39 is 12.0 Å². The fraction of sp³-hybridized carbons (Fsp3) is 0.0667. The average molecular weight is 305 g/mol. The first-order chi connectivity index (χ1) is 9.97. The average Bonchev–Trinajstić information content (AvgIpc) is 2.42. The van der Waals surface area contributed by atoms with Crippen LogP contribution in [0, 0.1) is 6.92 Å². The van der Waals surface area contributed by atoms with Crippen molar-refractivity contribution in [3.05, 3.63) is 58.6 Å². The highest BCUT2D eigenvalue weighted by molar-refractivity contribution is 6.30. The summed E-state index contributed by atoms with van der Waals surface area (Å²) in [5.74, 6) is -1.10. The van der Waals surface area contributed by atoms with Crippen LogP contribution in [0.25, 0.3) is 0 Å². The monoisotopic (exact) mass is 304 g/mol. The molecule has 0 aliphatic heterocycles. The minimum Gasteiger partial charge on any atom is -0.478 e. The summed E-state index contributed by atoms with van der Waals surface area (Å²) in [7, 11) is 0. The third-order valence-electron chi connectivity index (χ3n) is 2.84. The third kappa shape index (κ3) is 3.73. The van der Waals surface area contributed by atoms with Crippen molar-refractivity contribution in [3.8, 4) is 0 Å². The molecule has 21 heavy (non-hydrogen) atoms. The van der Waals surface area contributed by atoms with E-state index in [1.807, 2.05) is 6.92 Å². The van der Waals surface area contributed by atoms with Crippen LogP contribution in [-0.4, -0.2) is 17.1 Å². The molecule has 0 heterocycles. The third-order valence-corrected chi connectivity index (χ3v) is 3.08. The number of amides is 2. The van der Waals surface area contributed by atoms with Crippen molar-refractivity contribution >= 4 is 35.0 Å². The molecule has 2 rings (SSSR count). The topological polar surface area (TPSA) is 78.4 Å². The second-order valence-corrected chi connectivity index (χ2v) is 4.83. The van der Waals surface area contributed by atoms with E-state index in [-0.39, 0.29) is 11.3 Å². The predicted octanol–water partition coefficient (Wildman–Crippen LogP) is 3.99. The molecule has 2 aromatic rings. The van der Waals surface area contributed by atoms with E-state index in [0.717, 1.165) is 5.56 Å². The van der Waals surface area contributed by atoms with Crippen LogP contribution in [0.5, 0.6) is 0 Å². The van der Waals surface area contributed by atoms with Gasteiger partial charge in [0.25, 0.3) is 0 Å².